The summed E-state index contributed by atoms with van der Waals surface area (Å²) in [6.07, 6.45) is 2.46. The molecule has 1 aromatic carbocycles. The molecular weight excluding hydrogens is 176 g/mol. The van der Waals surface area contributed by atoms with E-state index in [0.717, 1.165) is 12.1 Å². The first-order valence-corrected chi connectivity index (χ1v) is 4.56. The van der Waals surface area contributed by atoms with Gasteiger partial charge in [0.05, 0.1) is 12.2 Å². The van der Waals surface area contributed by atoms with Crippen LogP contribution in [-0.4, -0.2) is 4.98 Å². The average Bonchev–Trinajstić information content (AvgIpc) is 2.67. The highest BCUT2D eigenvalue weighted by molar-refractivity contribution is 5.20. The second-order valence-corrected chi connectivity index (χ2v) is 3.10. The van der Waals surface area contributed by atoms with Crippen LogP contribution in [0.15, 0.2) is 41.0 Å². The highest BCUT2D eigenvalue weighted by Gasteiger charge is 2.02. The fraction of sp³-hybridized carbons (Fsp3) is 0.182. The van der Waals surface area contributed by atoms with Crippen molar-refractivity contribution in [2.24, 2.45) is 5.73 Å². The van der Waals surface area contributed by atoms with E-state index in [1.54, 1.807) is 6.26 Å². The Morgan fingerprint density at radius 1 is 1.21 bits per heavy atom. The number of aromatic nitrogens is 1. The van der Waals surface area contributed by atoms with Gasteiger partial charge >= 0.3 is 0 Å². The van der Waals surface area contributed by atoms with Crippen LogP contribution in [0.5, 0.6) is 0 Å². The molecule has 0 amide bonds. The molecule has 72 valence electrons. The van der Waals surface area contributed by atoms with Crippen molar-refractivity contribution in [3.8, 4) is 0 Å². The Balaban J connectivity index is 2.11. The van der Waals surface area contributed by atoms with Crippen molar-refractivity contribution in [2.45, 2.75) is 13.0 Å². The quantitative estimate of drug-likeness (QED) is 0.798. The number of hydrogen-bond donors (Lipinski definition) is 1. The predicted molar refractivity (Wildman–Crippen MR) is 53.6 cm³/mol. The molecule has 0 radical (unpaired) electrons. The highest BCUT2D eigenvalue weighted by atomic mass is 16.3. The molecule has 0 atom stereocenters. The van der Waals surface area contributed by atoms with E-state index in [-0.39, 0.29) is 0 Å². The summed E-state index contributed by atoms with van der Waals surface area (Å²) in [5.41, 5.74) is 7.55. The number of benzene rings is 1. The number of nitrogens with two attached hydrogens (primary N) is 1. The molecule has 0 saturated heterocycles. The molecule has 1 heterocycles. The van der Waals surface area contributed by atoms with Crippen molar-refractivity contribution in [3.05, 3.63) is 53.7 Å². The number of hydrogen-bond acceptors (Lipinski definition) is 3. The van der Waals surface area contributed by atoms with E-state index in [1.165, 1.54) is 5.56 Å². The minimum atomic E-state index is 0.356. The van der Waals surface area contributed by atoms with Crippen LogP contribution in [-0.2, 0) is 13.0 Å². The summed E-state index contributed by atoms with van der Waals surface area (Å²) in [6.45, 7) is 0.356. The zero-order valence-corrected chi connectivity index (χ0v) is 7.81. The second kappa shape index (κ2) is 4.07. The molecule has 0 aliphatic rings. The van der Waals surface area contributed by atoms with Crippen LogP contribution < -0.4 is 5.73 Å². The first-order valence-electron chi connectivity index (χ1n) is 4.56. The maximum Gasteiger partial charge on any atom is 0.207 e. The van der Waals surface area contributed by atoms with Gasteiger partial charge in [0, 0.05) is 6.42 Å². The van der Waals surface area contributed by atoms with Crippen LogP contribution in [0, 0.1) is 0 Å². The van der Waals surface area contributed by atoms with Gasteiger partial charge in [-0.15, -0.1) is 0 Å². The van der Waals surface area contributed by atoms with Gasteiger partial charge in [-0.05, 0) is 5.56 Å². The van der Waals surface area contributed by atoms with Crippen molar-refractivity contribution in [1.82, 2.24) is 4.98 Å². The SMILES string of the molecule is NCc1nc(Cc2ccccc2)co1. The predicted octanol–water partition coefficient (Wildman–Crippen LogP) is 1.72. The van der Waals surface area contributed by atoms with Gasteiger partial charge in [0.1, 0.15) is 6.26 Å². The van der Waals surface area contributed by atoms with Gasteiger partial charge in [-0.1, -0.05) is 30.3 Å². The molecule has 0 saturated carbocycles. The smallest absolute Gasteiger partial charge is 0.207 e. The Labute approximate surface area is 82.6 Å². The highest BCUT2D eigenvalue weighted by Crippen LogP contribution is 2.08. The fourth-order valence-electron chi connectivity index (χ4n) is 1.33. The molecule has 1 aromatic heterocycles. The van der Waals surface area contributed by atoms with Gasteiger partial charge in [-0.3, -0.25) is 0 Å². The Kier molecular flexibility index (Phi) is 2.60. The molecule has 2 rings (SSSR count). The second-order valence-electron chi connectivity index (χ2n) is 3.10. The third-order valence-corrected chi connectivity index (χ3v) is 2.00. The summed E-state index contributed by atoms with van der Waals surface area (Å²) < 4.78 is 5.15. The van der Waals surface area contributed by atoms with Crippen molar-refractivity contribution in [2.75, 3.05) is 0 Å². The summed E-state index contributed by atoms with van der Waals surface area (Å²) in [5.74, 6) is 0.593. The third kappa shape index (κ3) is 2.00. The summed E-state index contributed by atoms with van der Waals surface area (Å²) in [5, 5.41) is 0. The van der Waals surface area contributed by atoms with Crippen LogP contribution in [0.1, 0.15) is 17.1 Å². The lowest BCUT2D eigenvalue weighted by Crippen LogP contribution is -1.96. The minimum absolute atomic E-state index is 0.356. The summed E-state index contributed by atoms with van der Waals surface area (Å²) >= 11 is 0. The zero-order chi connectivity index (χ0) is 9.80. The van der Waals surface area contributed by atoms with E-state index in [2.05, 4.69) is 17.1 Å². The molecule has 0 bridgehead atoms. The molecule has 3 nitrogen and oxygen atoms in total. The van der Waals surface area contributed by atoms with Gasteiger partial charge in [-0.2, -0.15) is 0 Å². The van der Waals surface area contributed by atoms with Crippen LogP contribution in [0.25, 0.3) is 0 Å². The van der Waals surface area contributed by atoms with Crippen molar-refractivity contribution < 1.29 is 4.42 Å². The largest absolute Gasteiger partial charge is 0.447 e. The maximum atomic E-state index is 5.40. The lowest BCUT2D eigenvalue weighted by atomic mass is 10.1. The van der Waals surface area contributed by atoms with E-state index < -0.39 is 0 Å². The van der Waals surface area contributed by atoms with Gasteiger partial charge in [0.2, 0.25) is 5.89 Å². The first kappa shape index (κ1) is 8.97. The van der Waals surface area contributed by atoms with E-state index in [4.69, 9.17) is 10.2 Å². The first-order chi connectivity index (χ1) is 6.88. The van der Waals surface area contributed by atoms with E-state index >= 15 is 0 Å². The number of rotatable bonds is 3. The summed E-state index contributed by atoms with van der Waals surface area (Å²) in [7, 11) is 0. The van der Waals surface area contributed by atoms with Crippen molar-refractivity contribution in [3.63, 3.8) is 0 Å². The topological polar surface area (TPSA) is 52.0 Å². The standard InChI is InChI=1S/C11H12N2O/c12-7-11-13-10(8-14-11)6-9-4-2-1-3-5-9/h1-5,8H,6-7,12H2. The molecule has 0 unspecified atom stereocenters. The molecule has 0 spiro atoms. The van der Waals surface area contributed by atoms with Crippen molar-refractivity contribution in [1.29, 1.82) is 0 Å². The maximum absolute atomic E-state index is 5.40. The molecule has 0 aliphatic carbocycles. The third-order valence-electron chi connectivity index (χ3n) is 2.00. The molecule has 0 fully saturated rings. The normalized spacial score (nSPS) is 10.4. The van der Waals surface area contributed by atoms with Gasteiger partial charge in [0.25, 0.3) is 0 Å². The lowest BCUT2D eigenvalue weighted by Gasteiger charge is -1.95. The zero-order valence-electron chi connectivity index (χ0n) is 7.81. The average molecular weight is 188 g/mol. The van der Waals surface area contributed by atoms with Crippen LogP contribution >= 0.6 is 0 Å². The molecule has 3 heteroatoms. The van der Waals surface area contributed by atoms with E-state index in [9.17, 15) is 0 Å². The van der Waals surface area contributed by atoms with Gasteiger partial charge in [-0.25, -0.2) is 4.98 Å². The molecule has 2 N–H and O–H groups in total. The van der Waals surface area contributed by atoms with Crippen LogP contribution in [0.3, 0.4) is 0 Å². The van der Waals surface area contributed by atoms with Gasteiger partial charge < -0.3 is 10.2 Å². The minimum Gasteiger partial charge on any atom is -0.447 e. The molecule has 14 heavy (non-hydrogen) atoms. The Hall–Kier alpha value is -1.61. The molecule has 0 aliphatic heterocycles. The van der Waals surface area contributed by atoms with Crippen molar-refractivity contribution >= 4 is 0 Å². The van der Waals surface area contributed by atoms with Gasteiger partial charge in [0.15, 0.2) is 0 Å². The number of oxazole rings is 1. The molecule has 2 aromatic rings. The van der Waals surface area contributed by atoms with Crippen LogP contribution in [0.4, 0.5) is 0 Å². The van der Waals surface area contributed by atoms with E-state index in [0.29, 0.717) is 12.4 Å². The Morgan fingerprint density at radius 3 is 2.64 bits per heavy atom. The van der Waals surface area contributed by atoms with E-state index in [1.807, 2.05) is 18.2 Å². The monoisotopic (exact) mass is 188 g/mol. The molecular formula is C11H12N2O. The fourth-order valence-corrected chi connectivity index (χ4v) is 1.33. The number of nitrogens with zero attached hydrogens (tertiary/aromatic N) is 1. The Bertz CT molecular complexity index is 395. The summed E-state index contributed by atoms with van der Waals surface area (Å²) in [4.78, 5) is 4.23. The Morgan fingerprint density at radius 2 is 2.00 bits per heavy atom. The van der Waals surface area contributed by atoms with Crippen LogP contribution in [0.2, 0.25) is 0 Å². The summed E-state index contributed by atoms with van der Waals surface area (Å²) in [6, 6.07) is 10.2. The lowest BCUT2D eigenvalue weighted by molar-refractivity contribution is 0.497.